The number of hydrogen-bond donors (Lipinski definition) is 0. The number of benzene rings is 2. The molecule has 1 saturated heterocycles. The second kappa shape index (κ2) is 8.39. The summed E-state index contributed by atoms with van der Waals surface area (Å²) in [6, 6.07) is 16.2. The van der Waals surface area contributed by atoms with E-state index in [1.54, 1.807) is 11.1 Å². The Morgan fingerprint density at radius 3 is 2.52 bits per heavy atom. The van der Waals surface area contributed by atoms with Crippen LogP contribution in [-0.2, 0) is 11.3 Å². The molecule has 0 aliphatic carbocycles. The Morgan fingerprint density at radius 1 is 1.15 bits per heavy atom. The Morgan fingerprint density at radius 2 is 1.85 bits per heavy atom. The van der Waals surface area contributed by atoms with E-state index in [1.807, 2.05) is 68.4 Å². The molecule has 1 fully saturated rings. The highest BCUT2D eigenvalue weighted by Gasteiger charge is 2.35. The molecule has 1 aliphatic rings. The van der Waals surface area contributed by atoms with Gasteiger partial charge in [0.2, 0.25) is 5.91 Å². The van der Waals surface area contributed by atoms with Gasteiger partial charge >= 0.3 is 0 Å². The summed E-state index contributed by atoms with van der Waals surface area (Å²) in [4.78, 5) is 16.3. The normalized spacial score (nSPS) is 18.7. The van der Waals surface area contributed by atoms with Crippen LogP contribution in [0.3, 0.4) is 0 Å². The summed E-state index contributed by atoms with van der Waals surface area (Å²) in [6.45, 7) is 4.48. The summed E-state index contributed by atoms with van der Waals surface area (Å²) < 4.78 is 0. The molecule has 0 unspecified atom stereocenters. The third-order valence-corrected chi connectivity index (χ3v) is 5.54. The number of anilines is 1. The fourth-order valence-corrected chi connectivity index (χ4v) is 3.69. The van der Waals surface area contributed by atoms with Gasteiger partial charge in [-0.05, 0) is 42.7 Å². The minimum atomic E-state index is -0.137. The Hall–Kier alpha value is -2.60. The van der Waals surface area contributed by atoms with Gasteiger partial charge in [0.1, 0.15) is 0 Å². The van der Waals surface area contributed by atoms with E-state index in [0.717, 1.165) is 16.8 Å². The highest BCUT2D eigenvalue weighted by Crippen LogP contribution is 2.29. The lowest BCUT2D eigenvalue weighted by atomic mass is 10.1. The van der Waals surface area contributed by atoms with Crippen molar-refractivity contribution < 1.29 is 4.79 Å². The van der Waals surface area contributed by atoms with Crippen molar-refractivity contribution in [3.05, 3.63) is 65.2 Å². The summed E-state index contributed by atoms with van der Waals surface area (Å²) in [5, 5.41) is 9.06. The minimum absolute atomic E-state index is 0.0764. The van der Waals surface area contributed by atoms with Gasteiger partial charge in [-0.3, -0.25) is 9.69 Å². The maximum Gasteiger partial charge on any atom is 0.242 e. The number of hydrogen-bond acceptors (Lipinski definition) is 5. The van der Waals surface area contributed by atoms with Crippen LogP contribution in [-0.4, -0.2) is 41.5 Å². The van der Waals surface area contributed by atoms with Crippen molar-refractivity contribution in [3.8, 4) is 0 Å². The number of carbonyl (C=O) groups is 1. The van der Waals surface area contributed by atoms with E-state index < -0.39 is 0 Å². The zero-order valence-corrected chi connectivity index (χ0v) is 16.9. The molecule has 0 aromatic heterocycles. The molecule has 140 valence electrons. The molecule has 0 bridgehead atoms. The van der Waals surface area contributed by atoms with Crippen LogP contribution in [0.15, 0.2) is 58.7 Å². The highest BCUT2D eigenvalue weighted by atomic mass is 32.2. The molecule has 6 heteroatoms. The minimum Gasteiger partial charge on any atom is -0.378 e. The van der Waals surface area contributed by atoms with Crippen molar-refractivity contribution >= 4 is 34.7 Å². The Bertz CT molecular complexity index is 874. The lowest BCUT2D eigenvalue weighted by Gasteiger charge is -2.16. The van der Waals surface area contributed by atoms with E-state index in [0.29, 0.717) is 11.7 Å². The fraction of sp³-hybridized carbons (Fsp3) is 0.286. The van der Waals surface area contributed by atoms with E-state index in [2.05, 4.69) is 23.2 Å². The fourth-order valence-electron chi connectivity index (χ4n) is 2.77. The third kappa shape index (κ3) is 4.57. The van der Waals surface area contributed by atoms with Gasteiger partial charge in [-0.15, -0.1) is 5.10 Å². The molecule has 3 rings (SSSR count). The van der Waals surface area contributed by atoms with Crippen molar-refractivity contribution in [2.45, 2.75) is 25.6 Å². The lowest BCUT2D eigenvalue weighted by Crippen LogP contribution is -2.31. The molecule has 27 heavy (non-hydrogen) atoms. The van der Waals surface area contributed by atoms with E-state index in [1.165, 1.54) is 17.3 Å². The monoisotopic (exact) mass is 380 g/mol. The first-order valence-electron chi connectivity index (χ1n) is 8.86. The first-order chi connectivity index (χ1) is 13.0. The zero-order valence-electron chi connectivity index (χ0n) is 16.1. The molecule has 1 aliphatic heterocycles. The maximum absolute atomic E-state index is 12.5. The first-order valence-corrected chi connectivity index (χ1v) is 9.74. The summed E-state index contributed by atoms with van der Waals surface area (Å²) in [5.74, 6) is 0.0764. The second-order valence-electron chi connectivity index (χ2n) is 6.72. The average molecular weight is 381 g/mol. The summed E-state index contributed by atoms with van der Waals surface area (Å²) in [5.41, 5.74) is 4.39. The van der Waals surface area contributed by atoms with Gasteiger partial charge in [-0.1, -0.05) is 48.2 Å². The van der Waals surface area contributed by atoms with Crippen molar-refractivity contribution in [1.29, 1.82) is 0 Å². The van der Waals surface area contributed by atoms with E-state index in [4.69, 9.17) is 0 Å². The number of aryl methyl sites for hydroxylation is 1. The van der Waals surface area contributed by atoms with Crippen molar-refractivity contribution in [3.63, 3.8) is 0 Å². The van der Waals surface area contributed by atoms with Gasteiger partial charge in [-0.25, -0.2) is 0 Å². The molecular weight excluding hydrogens is 356 g/mol. The molecule has 5 nitrogen and oxygen atoms in total. The van der Waals surface area contributed by atoms with Crippen LogP contribution < -0.4 is 4.90 Å². The maximum atomic E-state index is 12.5. The van der Waals surface area contributed by atoms with Crippen LogP contribution in [0.2, 0.25) is 0 Å². The summed E-state index contributed by atoms with van der Waals surface area (Å²) in [6.07, 6.45) is 1.71. The van der Waals surface area contributed by atoms with Gasteiger partial charge in [0.05, 0.1) is 18.0 Å². The molecule has 0 radical (unpaired) electrons. The van der Waals surface area contributed by atoms with Crippen LogP contribution in [0.25, 0.3) is 0 Å². The van der Waals surface area contributed by atoms with Gasteiger partial charge in [-0.2, -0.15) is 5.10 Å². The molecule has 1 amide bonds. The number of nitrogens with zero attached hydrogens (tertiary/aromatic N) is 4. The molecule has 2 aromatic carbocycles. The Labute approximate surface area is 164 Å². The topological polar surface area (TPSA) is 48.3 Å². The molecule has 0 N–H and O–H groups in total. The highest BCUT2D eigenvalue weighted by molar-refractivity contribution is 8.15. The molecule has 0 spiro atoms. The standard InChI is InChI=1S/C21H24N4OS/c1-15-7-5-6-8-18(15)14-25-20(26)16(2)27-21(25)23-22-13-17-9-11-19(12-10-17)24(3)4/h5-13,16H,14H2,1-4H3/b22-13-,23-21-/t16-/m0/s1. The number of thioether (sulfide) groups is 1. The molecule has 2 aromatic rings. The van der Waals surface area contributed by atoms with Crippen LogP contribution in [0.1, 0.15) is 23.6 Å². The van der Waals surface area contributed by atoms with Crippen LogP contribution >= 0.6 is 11.8 Å². The van der Waals surface area contributed by atoms with Gasteiger partial charge in [0.25, 0.3) is 0 Å². The number of amidine groups is 1. The van der Waals surface area contributed by atoms with Crippen molar-refractivity contribution in [2.24, 2.45) is 10.2 Å². The predicted molar refractivity (Wildman–Crippen MR) is 115 cm³/mol. The molecule has 1 atom stereocenters. The van der Waals surface area contributed by atoms with Gasteiger partial charge in [0.15, 0.2) is 5.17 Å². The van der Waals surface area contributed by atoms with E-state index >= 15 is 0 Å². The second-order valence-corrected chi connectivity index (χ2v) is 8.03. The summed E-state index contributed by atoms with van der Waals surface area (Å²) >= 11 is 1.45. The number of rotatable bonds is 5. The SMILES string of the molecule is Cc1ccccc1CN1C(=O)[C@H](C)S/C1=N\N=C/c1ccc(N(C)C)cc1. The van der Waals surface area contributed by atoms with E-state index in [-0.39, 0.29) is 11.2 Å². The zero-order chi connectivity index (χ0) is 19.4. The average Bonchev–Trinajstić information content (AvgIpc) is 2.91. The molecular formula is C21H24N4OS. The predicted octanol–water partition coefficient (Wildman–Crippen LogP) is 3.92. The number of carbonyl (C=O) groups excluding carboxylic acids is 1. The van der Waals surface area contributed by atoms with Gasteiger partial charge < -0.3 is 4.90 Å². The van der Waals surface area contributed by atoms with Gasteiger partial charge in [0, 0.05) is 19.8 Å². The van der Waals surface area contributed by atoms with Crippen LogP contribution in [0.4, 0.5) is 5.69 Å². The third-order valence-electron chi connectivity index (χ3n) is 4.48. The Balaban J connectivity index is 1.76. The van der Waals surface area contributed by atoms with Crippen molar-refractivity contribution in [2.75, 3.05) is 19.0 Å². The Kier molecular flexibility index (Phi) is 5.96. The molecule has 0 saturated carbocycles. The quantitative estimate of drug-likeness (QED) is 0.584. The van der Waals surface area contributed by atoms with Crippen molar-refractivity contribution in [1.82, 2.24) is 4.90 Å². The first kappa shape index (κ1) is 19.2. The smallest absolute Gasteiger partial charge is 0.242 e. The van der Waals surface area contributed by atoms with Crippen LogP contribution in [0.5, 0.6) is 0 Å². The van der Waals surface area contributed by atoms with E-state index in [9.17, 15) is 4.79 Å². The van der Waals surface area contributed by atoms with Crippen LogP contribution in [0, 0.1) is 6.92 Å². The largest absolute Gasteiger partial charge is 0.378 e. The molecule has 1 heterocycles. The lowest BCUT2D eigenvalue weighted by molar-refractivity contribution is -0.126. The summed E-state index contributed by atoms with van der Waals surface area (Å²) in [7, 11) is 4.02. The number of amides is 1.